The van der Waals surface area contributed by atoms with Crippen molar-refractivity contribution in [3.05, 3.63) is 70.8 Å². The zero-order valence-corrected chi connectivity index (χ0v) is 21.8. The first-order chi connectivity index (χ1) is 19.1. The number of hydrogen-bond donors (Lipinski definition) is 3. The van der Waals surface area contributed by atoms with Crippen LogP contribution in [0.1, 0.15) is 52.6 Å². The molecular formula is C28H24N6O6. The van der Waals surface area contributed by atoms with Crippen molar-refractivity contribution >= 4 is 40.6 Å². The van der Waals surface area contributed by atoms with Gasteiger partial charge in [-0.3, -0.25) is 4.79 Å². The number of carbonyl (C=O) groups is 3. The number of azo groups is 1. The zero-order chi connectivity index (χ0) is 29.4. The first-order valence-corrected chi connectivity index (χ1v) is 12.0. The van der Waals surface area contributed by atoms with Gasteiger partial charge in [-0.05, 0) is 50.2 Å². The summed E-state index contributed by atoms with van der Waals surface area (Å²) in [7, 11) is 0. The summed E-state index contributed by atoms with van der Waals surface area (Å²) in [6.45, 7) is 6.87. The number of carboxylic acid groups (broad SMARTS) is 2. The van der Waals surface area contributed by atoms with Crippen molar-refractivity contribution < 1.29 is 29.3 Å². The molecular weight excluding hydrogens is 516 g/mol. The molecule has 1 amide bonds. The molecule has 0 bridgehead atoms. The number of nitrogens with one attached hydrogen (secondary N) is 1. The maximum atomic E-state index is 11.8. The van der Waals surface area contributed by atoms with Gasteiger partial charge in [0, 0.05) is 37.8 Å². The van der Waals surface area contributed by atoms with E-state index in [9.17, 15) is 35.1 Å². The highest BCUT2D eigenvalue weighted by atomic mass is 16.5. The lowest BCUT2D eigenvalue weighted by Gasteiger charge is -2.22. The van der Waals surface area contributed by atoms with Crippen LogP contribution in [0.2, 0.25) is 0 Å². The van der Waals surface area contributed by atoms with Crippen LogP contribution in [-0.2, 0) is 4.79 Å². The molecule has 0 aliphatic heterocycles. The Hall–Kier alpha value is -5.75. The second kappa shape index (κ2) is 12.7. The van der Waals surface area contributed by atoms with E-state index < -0.39 is 11.9 Å². The second-order valence-electron chi connectivity index (χ2n) is 8.30. The summed E-state index contributed by atoms with van der Waals surface area (Å²) in [5, 5.41) is 49.1. The summed E-state index contributed by atoms with van der Waals surface area (Å²) in [5.41, 5.74) is 0.716. The van der Waals surface area contributed by atoms with Crippen molar-refractivity contribution in [1.82, 2.24) is 0 Å². The Kier molecular flexibility index (Phi) is 9.13. The number of ether oxygens (including phenoxy) is 1. The number of benzene rings is 3. The van der Waals surface area contributed by atoms with E-state index in [0.717, 1.165) is 37.0 Å². The van der Waals surface area contributed by atoms with Crippen molar-refractivity contribution in [3.63, 3.8) is 0 Å². The number of aromatic carboxylic acids is 2. The summed E-state index contributed by atoms with van der Waals surface area (Å²) in [4.78, 5) is 36.7. The van der Waals surface area contributed by atoms with Gasteiger partial charge in [-0.2, -0.15) is 10.5 Å². The van der Waals surface area contributed by atoms with Crippen molar-refractivity contribution in [1.29, 1.82) is 10.5 Å². The molecule has 0 fully saturated rings. The molecule has 3 rings (SSSR count). The van der Waals surface area contributed by atoms with E-state index in [-0.39, 0.29) is 45.3 Å². The van der Waals surface area contributed by atoms with E-state index in [1.165, 1.54) is 19.1 Å². The average Bonchev–Trinajstić information content (AvgIpc) is 2.92. The van der Waals surface area contributed by atoms with Gasteiger partial charge in [0.1, 0.15) is 35.0 Å². The largest absolute Gasteiger partial charge is 0.478 e. The molecule has 3 aromatic carbocycles. The van der Waals surface area contributed by atoms with Gasteiger partial charge in [0.25, 0.3) is 0 Å². The molecule has 0 radical (unpaired) electrons. The predicted molar refractivity (Wildman–Crippen MR) is 145 cm³/mol. The van der Waals surface area contributed by atoms with Gasteiger partial charge in [-0.15, -0.1) is 10.2 Å². The maximum Gasteiger partial charge on any atom is 0.335 e. The molecule has 40 heavy (non-hydrogen) atoms. The summed E-state index contributed by atoms with van der Waals surface area (Å²) in [5.74, 6) is -3.17. The third-order valence-electron chi connectivity index (χ3n) is 5.64. The predicted octanol–water partition coefficient (Wildman–Crippen LogP) is 5.84. The molecule has 0 saturated heterocycles. The molecule has 12 nitrogen and oxygen atoms in total. The van der Waals surface area contributed by atoms with Crippen LogP contribution in [0.4, 0.5) is 22.7 Å². The standard InChI is InChI=1S/C28H24N6O6/c1-4-34(5-2)21-6-7-24(25(13-21)31-16(3)35)32-33-26-19(14-29)11-23(12-20(26)15-30)40-22-9-17(27(36)37)8-18(10-22)28(38)39/h6-13H,4-5H2,1-3H3,(H,31,35)(H,36,37)(H,38,39). The minimum Gasteiger partial charge on any atom is -0.478 e. The first kappa shape index (κ1) is 28.8. The number of nitrogens with zero attached hydrogens (tertiary/aromatic N) is 5. The molecule has 0 aromatic heterocycles. The summed E-state index contributed by atoms with van der Waals surface area (Å²) < 4.78 is 5.63. The number of rotatable bonds is 10. The van der Waals surface area contributed by atoms with Crippen LogP contribution >= 0.6 is 0 Å². The molecule has 0 heterocycles. The fourth-order valence-electron chi connectivity index (χ4n) is 3.78. The molecule has 3 aromatic rings. The Labute approximate surface area is 229 Å². The van der Waals surface area contributed by atoms with Crippen LogP contribution < -0.4 is 15.0 Å². The van der Waals surface area contributed by atoms with Gasteiger partial charge < -0.3 is 25.2 Å². The molecule has 0 aliphatic rings. The molecule has 0 atom stereocenters. The lowest BCUT2D eigenvalue weighted by atomic mass is 10.1. The summed E-state index contributed by atoms with van der Waals surface area (Å²) in [6.07, 6.45) is 0. The highest BCUT2D eigenvalue weighted by Gasteiger charge is 2.16. The smallest absolute Gasteiger partial charge is 0.335 e. The monoisotopic (exact) mass is 540 g/mol. The van der Waals surface area contributed by atoms with Crippen LogP contribution in [0.25, 0.3) is 0 Å². The zero-order valence-electron chi connectivity index (χ0n) is 21.8. The summed E-state index contributed by atoms with van der Waals surface area (Å²) in [6, 6.07) is 14.8. The number of hydrogen-bond acceptors (Lipinski definition) is 9. The minimum atomic E-state index is -1.36. The number of carbonyl (C=O) groups excluding carboxylic acids is 1. The number of nitriles is 2. The Morgan fingerprint density at radius 1 is 0.875 bits per heavy atom. The van der Waals surface area contributed by atoms with Gasteiger partial charge in [0.05, 0.1) is 27.9 Å². The maximum absolute atomic E-state index is 11.8. The quantitative estimate of drug-likeness (QED) is 0.265. The molecule has 0 aliphatic carbocycles. The van der Waals surface area contributed by atoms with Gasteiger partial charge in [-0.25, -0.2) is 9.59 Å². The van der Waals surface area contributed by atoms with E-state index in [2.05, 4.69) is 20.4 Å². The van der Waals surface area contributed by atoms with E-state index in [1.807, 2.05) is 32.1 Å². The van der Waals surface area contributed by atoms with E-state index >= 15 is 0 Å². The molecule has 0 unspecified atom stereocenters. The normalized spacial score (nSPS) is 10.4. The molecule has 0 saturated carbocycles. The van der Waals surface area contributed by atoms with Crippen LogP contribution in [0.5, 0.6) is 11.5 Å². The molecule has 12 heteroatoms. The number of carboxylic acids is 2. The Morgan fingerprint density at radius 3 is 1.90 bits per heavy atom. The first-order valence-electron chi connectivity index (χ1n) is 12.0. The average molecular weight is 541 g/mol. The minimum absolute atomic E-state index is 0.0200. The van der Waals surface area contributed by atoms with Crippen LogP contribution in [-0.4, -0.2) is 41.1 Å². The third kappa shape index (κ3) is 6.76. The van der Waals surface area contributed by atoms with Crippen molar-refractivity contribution in [2.24, 2.45) is 10.2 Å². The molecule has 0 spiro atoms. The lowest BCUT2D eigenvalue weighted by molar-refractivity contribution is -0.114. The third-order valence-corrected chi connectivity index (χ3v) is 5.64. The van der Waals surface area contributed by atoms with Gasteiger partial charge >= 0.3 is 11.9 Å². The molecule has 3 N–H and O–H groups in total. The van der Waals surface area contributed by atoms with Crippen molar-refractivity contribution in [2.75, 3.05) is 23.3 Å². The van der Waals surface area contributed by atoms with Crippen LogP contribution in [0.3, 0.4) is 0 Å². The van der Waals surface area contributed by atoms with Gasteiger partial charge in [0.15, 0.2) is 0 Å². The van der Waals surface area contributed by atoms with E-state index in [0.29, 0.717) is 11.4 Å². The second-order valence-corrected chi connectivity index (χ2v) is 8.30. The highest BCUT2D eigenvalue weighted by molar-refractivity contribution is 5.95. The fourth-order valence-corrected chi connectivity index (χ4v) is 3.78. The van der Waals surface area contributed by atoms with Gasteiger partial charge in [0.2, 0.25) is 5.91 Å². The lowest BCUT2D eigenvalue weighted by Crippen LogP contribution is -2.21. The summed E-state index contributed by atoms with van der Waals surface area (Å²) >= 11 is 0. The van der Waals surface area contributed by atoms with Crippen molar-refractivity contribution in [2.45, 2.75) is 20.8 Å². The van der Waals surface area contributed by atoms with Gasteiger partial charge in [-0.1, -0.05) is 0 Å². The highest BCUT2D eigenvalue weighted by Crippen LogP contribution is 2.36. The molecule has 202 valence electrons. The Balaban J connectivity index is 2.04. The van der Waals surface area contributed by atoms with E-state index in [4.69, 9.17) is 4.74 Å². The number of amides is 1. The SMILES string of the molecule is CCN(CC)c1ccc(N=Nc2c(C#N)cc(Oc3cc(C(=O)O)cc(C(=O)O)c3)cc2C#N)c(NC(C)=O)c1. The van der Waals surface area contributed by atoms with E-state index in [1.54, 1.807) is 12.1 Å². The fraction of sp³-hybridized carbons (Fsp3) is 0.179. The van der Waals surface area contributed by atoms with Crippen molar-refractivity contribution in [3.8, 4) is 23.6 Å². The topological polar surface area (TPSA) is 188 Å². The Bertz CT molecular complexity index is 1530. The van der Waals surface area contributed by atoms with Crippen LogP contribution in [0.15, 0.2) is 58.8 Å². The Morgan fingerprint density at radius 2 is 1.43 bits per heavy atom. The number of anilines is 2. The van der Waals surface area contributed by atoms with Crippen LogP contribution in [0, 0.1) is 22.7 Å².